The van der Waals surface area contributed by atoms with E-state index in [1.807, 2.05) is 30.3 Å². The quantitative estimate of drug-likeness (QED) is 0.541. The molecule has 0 unspecified atom stereocenters. The van der Waals surface area contributed by atoms with E-state index in [1.165, 1.54) is 0 Å². The molecule has 0 fully saturated rings. The highest BCUT2D eigenvalue weighted by molar-refractivity contribution is 6.09. The molecule has 6 nitrogen and oxygen atoms in total. The molecule has 2 aromatic carbocycles. The molecule has 4 rings (SSSR count). The van der Waals surface area contributed by atoms with E-state index in [0.29, 0.717) is 16.6 Å². The molecule has 2 heterocycles. The van der Waals surface area contributed by atoms with Gasteiger partial charge in [0, 0.05) is 16.5 Å². The number of aromatic nitrogens is 4. The number of carboxylic acid groups (broad SMARTS) is 1. The summed E-state index contributed by atoms with van der Waals surface area (Å²) in [6.07, 6.45) is 1.66. The Labute approximate surface area is 130 Å². The van der Waals surface area contributed by atoms with E-state index < -0.39 is 5.97 Å². The summed E-state index contributed by atoms with van der Waals surface area (Å²) in [7, 11) is 0. The number of aromatic amines is 2. The van der Waals surface area contributed by atoms with Crippen molar-refractivity contribution in [1.82, 2.24) is 20.4 Å². The minimum atomic E-state index is -0.983. The fourth-order valence-corrected chi connectivity index (χ4v) is 2.74. The standard InChI is InChI=1S/C17H12N4O2/c22-17(23)11-7-4-8-13-14(11)16(21-19-13)12-9-18-20-15(12)10-5-2-1-3-6-10/h1-9H,(H,18,20)(H,19,21)(H,22,23). The molecule has 23 heavy (non-hydrogen) atoms. The summed E-state index contributed by atoms with van der Waals surface area (Å²) >= 11 is 0. The number of rotatable bonds is 3. The molecule has 112 valence electrons. The highest BCUT2D eigenvalue weighted by Gasteiger charge is 2.19. The molecule has 0 saturated carbocycles. The first-order valence-electron chi connectivity index (χ1n) is 7.05. The first-order chi connectivity index (χ1) is 11.3. The minimum Gasteiger partial charge on any atom is -0.478 e. The second kappa shape index (κ2) is 5.10. The number of carbonyl (C=O) groups is 1. The van der Waals surface area contributed by atoms with Crippen molar-refractivity contribution in [3.8, 4) is 22.5 Å². The lowest BCUT2D eigenvalue weighted by Gasteiger charge is -2.03. The van der Waals surface area contributed by atoms with Gasteiger partial charge in [-0.05, 0) is 12.1 Å². The van der Waals surface area contributed by atoms with Gasteiger partial charge in [0.1, 0.15) is 5.69 Å². The van der Waals surface area contributed by atoms with Crippen LogP contribution in [0.15, 0.2) is 54.7 Å². The van der Waals surface area contributed by atoms with Crippen LogP contribution in [0.2, 0.25) is 0 Å². The molecule has 2 aromatic heterocycles. The smallest absolute Gasteiger partial charge is 0.336 e. The fraction of sp³-hybridized carbons (Fsp3) is 0. The molecular weight excluding hydrogens is 292 g/mol. The van der Waals surface area contributed by atoms with Crippen molar-refractivity contribution < 1.29 is 9.90 Å². The number of aromatic carboxylic acids is 1. The Morgan fingerprint density at radius 3 is 2.61 bits per heavy atom. The van der Waals surface area contributed by atoms with E-state index in [9.17, 15) is 9.90 Å². The highest BCUT2D eigenvalue weighted by atomic mass is 16.4. The molecule has 0 radical (unpaired) electrons. The maximum atomic E-state index is 11.5. The Morgan fingerprint density at radius 1 is 1.00 bits per heavy atom. The SMILES string of the molecule is O=C(O)c1cccc2[nH]nc(-c3cn[nH]c3-c3ccccc3)c12. The van der Waals surface area contributed by atoms with Gasteiger partial charge >= 0.3 is 5.97 Å². The molecule has 0 atom stereocenters. The van der Waals surface area contributed by atoms with Crippen LogP contribution in [0.3, 0.4) is 0 Å². The Balaban J connectivity index is 1.99. The van der Waals surface area contributed by atoms with E-state index >= 15 is 0 Å². The zero-order valence-electron chi connectivity index (χ0n) is 11.9. The van der Waals surface area contributed by atoms with Crippen LogP contribution in [-0.4, -0.2) is 31.5 Å². The number of H-pyrrole nitrogens is 2. The van der Waals surface area contributed by atoms with Gasteiger partial charge in [-0.2, -0.15) is 10.2 Å². The number of fused-ring (bicyclic) bond motifs is 1. The third-order valence-corrected chi connectivity index (χ3v) is 3.78. The molecule has 0 saturated heterocycles. The number of nitrogens with zero attached hydrogens (tertiary/aromatic N) is 2. The molecule has 6 heteroatoms. The Bertz CT molecular complexity index is 1000. The van der Waals surface area contributed by atoms with Crippen LogP contribution in [0.5, 0.6) is 0 Å². The lowest BCUT2D eigenvalue weighted by atomic mass is 10.0. The van der Waals surface area contributed by atoms with Crippen LogP contribution in [0.25, 0.3) is 33.4 Å². The summed E-state index contributed by atoms with van der Waals surface area (Å²) < 4.78 is 0. The average Bonchev–Trinajstić information content (AvgIpc) is 3.21. The fourth-order valence-electron chi connectivity index (χ4n) is 2.74. The van der Waals surface area contributed by atoms with Gasteiger partial charge in [0.2, 0.25) is 0 Å². The maximum Gasteiger partial charge on any atom is 0.336 e. The number of nitrogens with one attached hydrogen (secondary N) is 2. The maximum absolute atomic E-state index is 11.5. The monoisotopic (exact) mass is 304 g/mol. The highest BCUT2D eigenvalue weighted by Crippen LogP contribution is 2.34. The van der Waals surface area contributed by atoms with Crippen molar-refractivity contribution in [2.24, 2.45) is 0 Å². The second-order valence-corrected chi connectivity index (χ2v) is 5.13. The van der Waals surface area contributed by atoms with Gasteiger partial charge in [0.15, 0.2) is 0 Å². The number of carboxylic acids is 1. The molecule has 0 aliphatic heterocycles. The van der Waals surface area contributed by atoms with Crippen LogP contribution in [0, 0.1) is 0 Å². The van der Waals surface area contributed by atoms with Crippen LogP contribution >= 0.6 is 0 Å². The van der Waals surface area contributed by atoms with Gasteiger partial charge in [0.05, 0.1) is 23.0 Å². The van der Waals surface area contributed by atoms with E-state index in [1.54, 1.807) is 24.4 Å². The molecular formula is C17H12N4O2. The first-order valence-corrected chi connectivity index (χ1v) is 7.05. The molecule has 0 amide bonds. The third-order valence-electron chi connectivity index (χ3n) is 3.78. The average molecular weight is 304 g/mol. The van der Waals surface area contributed by atoms with Crippen LogP contribution in [0.4, 0.5) is 0 Å². The van der Waals surface area contributed by atoms with Gasteiger partial charge in [-0.3, -0.25) is 10.2 Å². The van der Waals surface area contributed by atoms with Crippen molar-refractivity contribution in [3.63, 3.8) is 0 Å². The zero-order chi connectivity index (χ0) is 15.8. The molecule has 0 bridgehead atoms. The van der Waals surface area contributed by atoms with Gasteiger partial charge < -0.3 is 5.11 Å². The van der Waals surface area contributed by atoms with Crippen LogP contribution in [0.1, 0.15) is 10.4 Å². The minimum absolute atomic E-state index is 0.214. The van der Waals surface area contributed by atoms with E-state index in [4.69, 9.17) is 0 Å². The summed E-state index contributed by atoms with van der Waals surface area (Å²) in [6.45, 7) is 0. The summed E-state index contributed by atoms with van der Waals surface area (Å²) in [6, 6.07) is 14.8. The molecule has 0 spiro atoms. The Hall–Kier alpha value is -3.41. The van der Waals surface area contributed by atoms with Gasteiger partial charge in [0.25, 0.3) is 0 Å². The molecule has 4 aromatic rings. The molecule has 0 aliphatic rings. The first kappa shape index (κ1) is 13.3. The largest absolute Gasteiger partial charge is 0.478 e. The van der Waals surface area contributed by atoms with Crippen LogP contribution in [-0.2, 0) is 0 Å². The number of hydrogen-bond donors (Lipinski definition) is 3. The van der Waals surface area contributed by atoms with Crippen molar-refractivity contribution in [3.05, 3.63) is 60.3 Å². The van der Waals surface area contributed by atoms with E-state index in [-0.39, 0.29) is 5.56 Å². The lowest BCUT2D eigenvalue weighted by molar-refractivity contribution is 0.0699. The normalized spacial score (nSPS) is 11.0. The number of hydrogen-bond acceptors (Lipinski definition) is 3. The summed E-state index contributed by atoms with van der Waals surface area (Å²) in [5.41, 5.74) is 4.00. The van der Waals surface area contributed by atoms with Crippen LogP contribution < -0.4 is 0 Å². The summed E-state index contributed by atoms with van der Waals surface area (Å²) in [5.74, 6) is -0.983. The molecule has 0 aliphatic carbocycles. The molecule has 3 N–H and O–H groups in total. The zero-order valence-corrected chi connectivity index (χ0v) is 11.9. The summed E-state index contributed by atoms with van der Waals surface area (Å²) in [5, 5.41) is 24.3. The van der Waals surface area contributed by atoms with Crippen molar-refractivity contribution in [1.29, 1.82) is 0 Å². The van der Waals surface area contributed by atoms with Crippen molar-refractivity contribution in [2.75, 3.05) is 0 Å². The Morgan fingerprint density at radius 2 is 1.83 bits per heavy atom. The van der Waals surface area contributed by atoms with Crippen molar-refractivity contribution in [2.45, 2.75) is 0 Å². The van der Waals surface area contributed by atoms with Gasteiger partial charge in [-0.1, -0.05) is 36.4 Å². The van der Waals surface area contributed by atoms with Crippen molar-refractivity contribution >= 4 is 16.9 Å². The third kappa shape index (κ3) is 2.08. The topological polar surface area (TPSA) is 94.7 Å². The predicted octanol–water partition coefficient (Wildman–Crippen LogP) is 3.32. The number of benzene rings is 2. The van der Waals surface area contributed by atoms with Gasteiger partial charge in [-0.25, -0.2) is 4.79 Å². The second-order valence-electron chi connectivity index (χ2n) is 5.13. The van der Waals surface area contributed by atoms with E-state index in [2.05, 4.69) is 20.4 Å². The lowest BCUT2D eigenvalue weighted by Crippen LogP contribution is -1.97. The van der Waals surface area contributed by atoms with E-state index in [0.717, 1.165) is 16.8 Å². The summed E-state index contributed by atoms with van der Waals surface area (Å²) in [4.78, 5) is 11.5. The Kier molecular flexibility index (Phi) is 2.94. The predicted molar refractivity (Wildman–Crippen MR) is 86.1 cm³/mol. The van der Waals surface area contributed by atoms with Gasteiger partial charge in [-0.15, -0.1) is 0 Å².